The van der Waals surface area contributed by atoms with Crippen LogP contribution in [0.25, 0.3) is 0 Å². The van der Waals surface area contributed by atoms with Gasteiger partial charge in [-0.15, -0.1) is 0 Å². The number of benzene rings is 1. The molecule has 0 radical (unpaired) electrons. The van der Waals surface area contributed by atoms with E-state index < -0.39 is 14.6 Å². The zero-order valence-electron chi connectivity index (χ0n) is 17.4. The Morgan fingerprint density at radius 3 is 2.33 bits per heavy atom. The second-order valence-electron chi connectivity index (χ2n) is 7.66. The van der Waals surface area contributed by atoms with Gasteiger partial charge >= 0.3 is 0 Å². The zero-order valence-corrected chi connectivity index (χ0v) is 19.8. The Bertz CT molecular complexity index is 933. The van der Waals surface area contributed by atoms with E-state index in [1.54, 1.807) is 23.5 Å². The number of thiophene rings is 1. The standard InChI is InChI=1S/C22H29ClN2O3S2/c1-3-25(4-2)20(17-11-14-29-16-17)15-24-21(26)22(12-5-6-13-22)30(27,28)19-9-7-18(23)8-10-19/h7-11,14,16,20H,3-6,12-13,15H2,1-2H3,(H,24,26). The maximum absolute atomic E-state index is 13.5. The van der Waals surface area contributed by atoms with Crippen molar-refractivity contribution in [3.05, 3.63) is 51.7 Å². The van der Waals surface area contributed by atoms with Crippen LogP contribution in [0.5, 0.6) is 0 Å². The van der Waals surface area contributed by atoms with Crippen molar-refractivity contribution in [1.82, 2.24) is 10.2 Å². The summed E-state index contributed by atoms with van der Waals surface area (Å²) < 4.78 is 25.6. The minimum absolute atomic E-state index is 0.0203. The maximum atomic E-state index is 13.5. The molecule has 1 aromatic carbocycles. The number of halogens is 1. The molecule has 1 aromatic heterocycles. The smallest absolute Gasteiger partial charge is 0.241 e. The molecule has 1 heterocycles. The van der Waals surface area contributed by atoms with Gasteiger partial charge < -0.3 is 5.32 Å². The second-order valence-corrected chi connectivity index (χ2v) is 11.1. The van der Waals surface area contributed by atoms with Crippen LogP contribution in [0.3, 0.4) is 0 Å². The van der Waals surface area contributed by atoms with E-state index >= 15 is 0 Å². The van der Waals surface area contributed by atoms with Gasteiger partial charge in [0.1, 0.15) is 0 Å². The summed E-state index contributed by atoms with van der Waals surface area (Å²) in [6.45, 7) is 6.26. The van der Waals surface area contributed by atoms with Crippen molar-refractivity contribution in [1.29, 1.82) is 0 Å². The summed E-state index contributed by atoms with van der Waals surface area (Å²) in [7, 11) is -3.83. The fourth-order valence-corrected chi connectivity index (χ4v) is 7.26. The first-order valence-electron chi connectivity index (χ1n) is 10.4. The lowest BCUT2D eigenvalue weighted by Crippen LogP contribution is -2.52. The Morgan fingerprint density at radius 1 is 1.17 bits per heavy atom. The molecule has 1 unspecified atom stereocenters. The molecule has 1 fully saturated rings. The maximum Gasteiger partial charge on any atom is 0.241 e. The van der Waals surface area contributed by atoms with E-state index in [-0.39, 0.29) is 16.8 Å². The first-order chi connectivity index (χ1) is 14.4. The summed E-state index contributed by atoms with van der Waals surface area (Å²) >= 11 is 7.55. The highest BCUT2D eigenvalue weighted by Crippen LogP contribution is 2.41. The van der Waals surface area contributed by atoms with E-state index in [0.717, 1.165) is 31.5 Å². The number of likely N-dealkylation sites (N-methyl/N-ethyl adjacent to an activating group) is 1. The summed E-state index contributed by atoms with van der Waals surface area (Å²) in [5.41, 5.74) is 1.14. The Morgan fingerprint density at radius 2 is 1.80 bits per heavy atom. The minimum atomic E-state index is -3.83. The number of amides is 1. The molecule has 1 saturated carbocycles. The number of hydrogen-bond acceptors (Lipinski definition) is 5. The fraction of sp³-hybridized carbons (Fsp3) is 0.500. The van der Waals surface area contributed by atoms with Crippen LogP contribution in [-0.2, 0) is 14.6 Å². The third kappa shape index (κ3) is 4.44. The van der Waals surface area contributed by atoms with E-state index in [1.165, 1.54) is 12.1 Å². The highest BCUT2D eigenvalue weighted by Gasteiger charge is 2.52. The lowest BCUT2D eigenvalue weighted by molar-refractivity contribution is -0.123. The molecule has 3 rings (SSSR count). The van der Waals surface area contributed by atoms with Gasteiger partial charge in [0.25, 0.3) is 0 Å². The summed E-state index contributed by atoms with van der Waals surface area (Å²) in [6.07, 6.45) is 2.14. The van der Waals surface area contributed by atoms with E-state index in [4.69, 9.17) is 11.6 Å². The predicted octanol–water partition coefficient (Wildman–Crippen LogP) is 4.69. The first-order valence-corrected chi connectivity index (χ1v) is 13.2. The molecule has 0 spiro atoms. The molecule has 2 aromatic rings. The van der Waals surface area contributed by atoms with E-state index in [9.17, 15) is 13.2 Å². The topological polar surface area (TPSA) is 66.5 Å². The van der Waals surface area contributed by atoms with Crippen LogP contribution in [0, 0.1) is 0 Å². The zero-order chi connectivity index (χ0) is 21.8. The van der Waals surface area contributed by atoms with Crippen LogP contribution in [0.1, 0.15) is 51.1 Å². The molecule has 0 aliphatic heterocycles. The quantitative estimate of drug-likeness (QED) is 0.579. The van der Waals surface area contributed by atoms with Crippen LogP contribution in [-0.4, -0.2) is 43.6 Å². The van der Waals surface area contributed by atoms with Gasteiger partial charge in [-0.25, -0.2) is 8.42 Å². The first kappa shape index (κ1) is 23.3. The third-order valence-corrected chi connectivity index (χ3v) is 9.57. The van der Waals surface area contributed by atoms with E-state index in [2.05, 4.69) is 35.5 Å². The number of nitrogens with zero attached hydrogens (tertiary/aromatic N) is 1. The lowest BCUT2D eigenvalue weighted by Gasteiger charge is -2.32. The van der Waals surface area contributed by atoms with Crippen molar-refractivity contribution < 1.29 is 13.2 Å². The van der Waals surface area contributed by atoms with Crippen molar-refractivity contribution in [3.63, 3.8) is 0 Å². The Kier molecular flexibility index (Phi) is 7.61. The van der Waals surface area contributed by atoms with Crippen molar-refractivity contribution >= 4 is 38.7 Å². The minimum Gasteiger partial charge on any atom is -0.353 e. The largest absolute Gasteiger partial charge is 0.353 e. The number of carbonyl (C=O) groups is 1. The fourth-order valence-electron chi connectivity index (χ4n) is 4.34. The molecule has 1 aliphatic carbocycles. The molecule has 30 heavy (non-hydrogen) atoms. The summed E-state index contributed by atoms with van der Waals surface area (Å²) in [4.78, 5) is 15.8. The average molecular weight is 469 g/mol. The molecule has 8 heteroatoms. The molecule has 1 amide bonds. The van der Waals surface area contributed by atoms with Crippen molar-refractivity contribution in [2.45, 2.75) is 55.2 Å². The average Bonchev–Trinajstić information content (AvgIpc) is 3.44. The molecule has 0 bridgehead atoms. The Hall–Kier alpha value is -1.41. The lowest BCUT2D eigenvalue weighted by atomic mass is 10.0. The molecule has 1 aliphatic rings. The van der Waals surface area contributed by atoms with Gasteiger partial charge in [0, 0.05) is 11.6 Å². The monoisotopic (exact) mass is 468 g/mol. The van der Waals surface area contributed by atoms with Crippen molar-refractivity contribution in [2.75, 3.05) is 19.6 Å². The van der Waals surface area contributed by atoms with Gasteiger partial charge in [-0.2, -0.15) is 11.3 Å². The highest BCUT2D eigenvalue weighted by molar-refractivity contribution is 7.93. The van der Waals surface area contributed by atoms with Gasteiger partial charge in [-0.05, 0) is 72.6 Å². The van der Waals surface area contributed by atoms with Gasteiger partial charge in [-0.1, -0.05) is 38.3 Å². The molecule has 1 N–H and O–H groups in total. The van der Waals surface area contributed by atoms with Crippen molar-refractivity contribution in [3.8, 4) is 0 Å². The highest BCUT2D eigenvalue weighted by atomic mass is 35.5. The number of carbonyl (C=O) groups excluding carboxylic acids is 1. The Labute approximate surface area is 188 Å². The number of rotatable bonds is 9. The SMILES string of the molecule is CCN(CC)C(CNC(=O)C1(S(=O)(=O)c2ccc(Cl)cc2)CCCC1)c1ccsc1. The predicted molar refractivity (Wildman–Crippen MR) is 123 cm³/mol. The van der Waals surface area contributed by atoms with E-state index in [1.807, 2.05) is 5.38 Å². The molecular formula is C22H29ClN2O3S2. The molecule has 164 valence electrons. The molecule has 1 atom stereocenters. The summed E-state index contributed by atoms with van der Waals surface area (Å²) in [6, 6.07) is 8.19. The van der Waals surface area contributed by atoms with Crippen LogP contribution in [0.2, 0.25) is 5.02 Å². The number of sulfone groups is 1. The molecule has 0 saturated heterocycles. The summed E-state index contributed by atoms with van der Waals surface area (Å²) in [5.74, 6) is -0.387. The van der Waals surface area contributed by atoms with E-state index in [0.29, 0.717) is 24.4 Å². The Balaban J connectivity index is 1.86. The molecular weight excluding hydrogens is 440 g/mol. The van der Waals surface area contributed by atoms with Gasteiger partial charge in [0.15, 0.2) is 14.6 Å². The van der Waals surface area contributed by atoms with Crippen LogP contribution in [0.4, 0.5) is 0 Å². The van der Waals surface area contributed by atoms with Crippen molar-refractivity contribution in [2.24, 2.45) is 0 Å². The van der Waals surface area contributed by atoms with Gasteiger partial charge in [0.2, 0.25) is 5.91 Å². The normalized spacial score (nSPS) is 17.2. The number of hydrogen-bond donors (Lipinski definition) is 1. The third-order valence-electron chi connectivity index (χ3n) is 6.10. The molecule has 5 nitrogen and oxygen atoms in total. The number of nitrogens with one attached hydrogen (secondary N) is 1. The summed E-state index contributed by atoms with van der Waals surface area (Å²) in [5, 5.41) is 7.59. The van der Waals surface area contributed by atoms with Gasteiger partial charge in [-0.3, -0.25) is 9.69 Å². The van der Waals surface area contributed by atoms with Crippen LogP contribution < -0.4 is 5.32 Å². The van der Waals surface area contributed by atoms with Crippen LogP contribution in [0.15, 0.2) is 46.0 Å². The van der Waals surface area contributed by atoms with Gasteiger partial charge in [0.05, 0.1) is 10.9 Å². The second kappa shape index (κ2) is 9.81. The van der Waals surface area contributed by atoms with Crippen LogP contribution >= 0.6 is 22.9 Å².